The lowest BCUT2D eigenvalue weighted by Crippen LogP contribution is -2.12. The molecule has 1 heteroatoms. The number of anilines is 3. The molecule has 0 radical (unpaired) electrons. The Morgan fingerprint density at radius 3 is 1.46 bits per heavy atom. The highest BCUT2D eigenvalue weighted by Gasteiger charge is 2.25. The Hall–Kier alpha value is -7.48. The van der Waals surface area contributed by atoms with E-state index in [2.05, 4.69) is 235 Å². The van der Waals surface area contributed by atoms with E-state index >= 15 is 0 Å². The van der Waals surface area contributed by atoms with Crippen LogP contribution >= 0.6 is 0 Å². The van der Waals surface area contributed by atoms with Crippen LogP contribution in [0.15, 0.2) is 231 Å². The SMILES string of the molecule is c1ccc(-c2ccc(N(c3ccc(-c4ccc(C5Cc6ccccc6-c6ccccc65)cc4)cc3)c3ccc(-c4cc5ccccc5c5ccccc45)cc3)cc2)cc1. The zero-order valence-electron chi connectivity index (χ0n) is 32.7. The zero-order valence-corrected chi connectivity index (χ0v) is 32.7. The first kappa shape index (κ1) is 34.7. The van der Waals surface area contributed by atoms with E-state index in [0.29, 0.717) is 5.92 Å². The normalized spacial score (nSPS) is 13.2. The largest absolute Gasteiger partial charge is 0.311 e. The maximum atomic E-state index is 2.36. The van der Waals surface area contributed by atoms with Crippen molar-refractivity contribution in [3.05, 3.63) is 247 Å². The minimum Gasteiger partial charge on any atom is -0.311 e. The van der Waals surface area contributed by atoms with Crippen molar-refractivity contribution in [3.8, 4) is 44.5 Å². The highest BCUT2D eigenvalue weighted by molar-refractivity contribution is 6.13. The summed E-state index contributed by atoms with van der Waals surface area (Å²) < 4.78 is 0. The molecule has 1 aliphatic carbocycles. The highest BCUT2D eigenvalue weighted by atomic mass is 15.1. The smallest absolute Gasteiger partial charge is 0.0462 e. The minimum atomic E-state index is 0.339. The summed E-state index contributed by atoms with van der Waals surface area (Å²) in [5, 5.41) is 5.09. The summed E-state index contributed by atoms with van der Waals surface area (Å²) in [7, 11) is 0. The molecule has 0 heterocycles. The van der Waals surface area contributed by atoms with Gasteiger partial charge in [0.15, 0.2) is 0 Å². The first-order valence-corrected chi connectivity index (χ1v) is 20.6. The predicted molar refractivity (Wildman–Crippen MR) is 250 cm³/mol. The molecule has 0 amide bonds. The third-order valence-corrected chi connectivity index (χ3v) is 12.3. The third kappa shape index (κ3) is 6.38. The summed E-state index contributed by atoms with van der Waals surface area (Å²) in [4.78, 5) is 2.36. The van der Waals surface area contributed by atoms with Crippen molar-refractivity contribution < 1.29 is 0 Å². The molecule has 0 saturated heterocycles. The number of benzene rings is 10. The van der Waals surface area contributed by atoms with E-state index in [1.165, 1.54) is 82.7 Å². The van der Waals surface area contributed by atoms with Crippen molar-refractivity contribution in [2.45, 2.75) is 12.3 Å². The van der Waals surface area contributed by atoms with Gasteiger partial charge in [0.1, 0.15) is 0 Å². The fraction of sp³-hybridized carbons (Fsp3) is 0.0345. The molecule has 1 unspecified atom stereocenters. The van der Waals surface area contributed by atoms with Crippen molar-refractivity contribution in [1.82, 2.24) is 0 Å². The summed E-state index contributed by atoms with van der Waals surface area (Å²) in [5.41, 5.74) is 17.5. The van der Waals surface area contributed by atoms with Gasteiger partial charge in [-0.3, -0.25) is 0 Å². The van der Waals surface area contributed by atoms with Crippen LogP contribution in [-0.4, -0.2) is 0 Å². The van der Waals surface area contributed by atoms with E-state index in [1.54, 1.807) is 0 Å². The van der Waals surface area contributed by atoms with Crippen LogP contribution in [0, 0.1) is 0 Å². The van der Waals surface area contributed by atoms with E-state index in [9.17, 15) is 0 Å². The quantitative estimate of drug-likeness (QED) is 0.147. The highest BCUT2D eigenvalue weighted by Crippen LogP contribution is 2.44. The van der Waals surface area contributed by atoms with Gasteiger partial charge < -0.3 is 4.90 Å². The van der Waals surface area contributed by atoms with E-state index in [0.717, 1.165) is 23.5 Å². The topological polar surface area (TPSA) is 3.24 Å². The third-order valence-electron chi connectivity index (χ3n) is 12.3. The average Bonchev–Trinajstić information content (AvgIpc) is 3.32. The Balaban J connectivity index is 0.930. The Morgan fingerprint density at radius 2 is 0.797 bits per heavy atom. The van der Waals surface area contributed by atoms with E-state index in [-0.39, 0.29) is 0 Å². The Morgan fingerprint density at radius 1 is 0.322 bits per heavy atom. The first-order chi connectivity index (χ1) is 29.2. The second-order valence-corrected chi connectivity index (χ2v) is 15.7. The molecule has 0 fully saturated rings. The van der Waals surface area contributed by atoms with E-state index < -0.39 is 0 Å². The van der Waals surface area contributed by atoms with Crippen molar-refractivity contribution >= 4 is 38.6 Å². The second-order valence-electron chi connectivity index (χ2n) is 15.7. The van der Waals surface area contributed by atoms with Gasteiger partial charge in [-0.2, -0.15) is 0 Å². The molecular weight excluding hydrogens is 711 g/mol. The lowest BCUT2D eigenvalue weighted by molar-refractivity contribution is 0.794. The average molecular weight is 752 g/mol. The van der Waals surface area contributed by atoms with Gasteiger partial charge in [-0.15, -0.1) is 0 Å². The Labute approximate surface area is 346 Å². The fourth-order valence-corrected chi connectivity index (χ4v) is 9.31. The Kier molecular flexibility index (Phi) is 8.71. The molecule has 1 aliphatic rings. The monoisotopic (exact) mass is 751 g/mol. The summed E-state index contributed by atoms with van der Waals surface area (Å²) in [5.74, 6) is 0.339. The molecule has 0 bridgehead atoms. The van der Waals surface area contributed by atoms with Gasteiger partial charge in [0.05, 0.1) is 0 Å². The molecule has 59 heavy (non-hydrogen) atoms. The van der Waals surface area contributed by atoms with Crippen LogP contribution < -0.4 is 4.90 Å². The first-order valence-electron chi connectivity index (χ1n) is 20.6. The zero-order chi connectivity index (χ0) is 39.1. The number of hydrogen-bond acceptors (Lipinski definition) is 1. The minimum absolute atomic E-state index is 0.339. The molecule has 0 spiro atoms. The summed E-state index contributed by atoms with van der Waals surface area (Å²) in [6, 6.07) is 84.5. The standard InChI is InChI=1S/C58H41N/c1-2-12-40(13-3-1)42-26-32-48(33-27-42)59(50-36-30-45(31-37-50)58-39-47-15-5-7-17-52(47)54-19-9-11-21-56(54)58)49-34-28-43(29-35-49)41-22-24-44(25-23-41)57-38-46-14-4-6-16-51(46)53-18-8-10-20-55(53)57/h1-37,39,57H,38H2. The molecule has 278 valence electrons. The van der Waals surface area contributed by atoms with Gasteiger partial charge in [-0.1, -0.05) is 188 Å². The van der Waals surface area contributed by atoms with Crippen LogP contribution in [0.4, 0.5) is 17.1 Å². The predicted octanol–water partition coefficient (Wildman–Crippen LogP) is 15.8. The summed E-state index contributed by atoms with van der Waals surface area (Å²) in [6.45, 7) is 0. The van der Waals surface area contributed by atoms with Crippen LogP contribution in [-0.2, 0) is 6.42 Å². The molecule has 11 rings (SSSR count). The van der Waals surface area contributed by atoms with Gasteiger partial charge in [0.25, 0.3) is 0 Å². The van der Waals surface area contributed by atoms with Crippen molar-refractivity contribution in [1.29, 1.82) is 0 Å². The Bertz CT molecular complexity index is 3090. The molecule has 0 N–H and O–H groups in total. The molecule has 10 aromatic rings. The molecular formula is C58H41N. The van der Waals surface area contributed by atoms with Crippen LogP contribution in [0.1, 0.15) is 22.6 Å². The molecule has 0 aliphatic heterocycles. The van der Waals surface area contributed by atoms with Gasteiger partial charge in [-0.25, -0.2) is 0 Å². The number of fused-ring (bicyclic) bond motifs is 6. The lowest BCUT2D eigenvalue weighted by Gasteiger charge is -2.28. The molecule has 1 nitrogen and oxygen atoms in total. The van der Waals surface area contributed by atoms with E-state index in [4.69, 9.17) is 0 Å². The number of nitrogens with zero attached hydrogens (tertiary/aromatic N) is 1. The lowest BCUT2D eigenvalue weighted by atomic mass is 9.75. The van der Waals surface area contributed by atoms with Crippen LogP contribution in [0.5, 0.6) is 0 Å². The van der Waals surface area contributed by atoms with Crippen molar-refractivity contribution in [2.75, 3.05) is 4.90 Å². The van der Waals surface area contributed by atoms with Crippen LogP contribution in [0.3, 0.4) is 0 Å². The van der Waals surface area contributed by atoms with E-state index in [1.807, 2.05) is 0 Å². The molecule has 0 saturated carbocycles. The summed E-state index contributed by atoms with van der Waals surface area (Å²) in [6.07, 6.45) is 1.02. The van der Waals surface area contributed by atoms with Gasteiger partial charge >= 0.3 is 0 Å². The van der Waals surface area contributed by atoms with Gasteiger partial charge in [0.2, 0.25) is 0 Å². The second kappa shape index (κ2) is 14.8. The fourth-order valence-electron chi connectivity index (χ4n) is 9.31. The molecule has 1 atom stereocenters. The molecule has 0 aromatic heterocycles. The summed E-state index contributed by atoms with van der Waals surface area (Å²) >= 11 is 0. The van der Waals surface area contributed by atoms with Gasteiger partial charge in [0, 0.05) is 23.0 Å². The van der Waals surface area contributed by atoms with Crippen LogP contribution in [0.2, 0.25) is 0 Å². The number of rotatable bonds is 7. The maximum Gasteiger partial charge on any atom is 0.0462 e. The van der Waals surface area contributed by atoms with Crippen molar-refractivity contribution in [2.24, 2.45) is 0 Å². The number of hydrogen-bond donors (Lipinski definition) is 0. The maximum absolute atomic E-state index is 2.36. The molecule has 10 aromatic carbocycles. The van der Waals surface area contributed by atoms with Crippen LogP contribution in [0.25, 0.3) is 66.1 Å². The van der Waals surface area contributed by atoms with Crippen molar-refractivity contribution in [3.63, 3.8) is 0 Å². The van der Waals surface area contributed by atoms with Gasteiger partial charge in [-0.05, 0) is 132 Å².